The molecule has 1 aromatic rings. The Morgan fingerprint density at radius 2 is 1.96 bits per heavy atom. The second-order valence-corrected chi connectivity index (χ2v) is 7.91. The predicted molar refractivity (Wildman–Crippen MR) is 89.3 cm³/mol. The Morgan fingerprint density at radius 3 is 2.65 bits per heavy atom. The zero-order valence-electron chi connectivity index (χ0n) is 13.9. The van der Waals surface area contributed by atoms with Crippen molar-refractivity contribution in [2.24, 2.45) is 11.8 Å². The van der Waals surface area contributed by atoms with Crippen LogP contribution in [0.4, 0.5) is 13.2 Å². The first-order valence-electron chi connectivity index (χ1n) is 8.75. The third-order valence-corrected chi connectivity index (χ3v) is 6.38. The number of fused-ring (bicyclic) bond motifs is 3. The molecule has 3 fully saturated rings. The highest BCUT2D eigenvalue weighted by molar-refractivity contribution is 6.21. The van der Waals surface area contributed by atoms with E-state index in [1.807, 2.05) is 12.1 Å². The van der Waals surface area contributed by atoms with Crippen LogP contribution in [0.5, 0.6) is 0 Å². The average molecular weight is 389 g/mol. The zero-order chi connectivity index (χ0) is 18.5. The minimum atomic E-state index is -4.42. The summed E-state index contributed by atoms with van der Waals surface area (Å²) in [6, 6.07) is 3.04. The van der Waals surface area contributed by atoms with Crippen LogP contribution in [0.2, 0.25) is 0 Å². The fourth-order valence-corrected chi connectivity index (χ4v) is 5.24. The van der Waals surface area contributed by atoms with Crippen LogP contribution in [0.25, 0.3) is 0 Å². The van der Waals surface area contributed by atoms with Gasteiger partial charge in [-0.2, -0.15) is 13.2 Å². The van der Waals surface area contributed by atoms with Crippen LogP contribution in [0.15, 0.2) is 24.5 Å². The summed E-state index contributed by atoms with van der Waals surface area (Å²) in [6.07, 6.45) is -0.116. The Labute approximate surface area is 154 Å². The Bertz CT molecular complexity index is 674. The summed E-state index contributed by atoms with van der Waals surface area (Å²) < 4.78 is 39.5. The van der Waals surface area contributed by atoms with Gasteiger partial charge in [0.25, 0.3) is 0 Å². The van der Waals surface area contributed by atoms with Crippen LogP contribution >= 0.6 is 11.6 Å². The SMILES string of the molecule is O=C1C2CNNC2C2CC(Cl)C(c3ccncc3)CC2N1CC(F)(F)F. The number of pyridine rings is 1. The Kier molecular flexibility index (Phi) is 4.61. The van der Waals surface area contributed by atoms with Crippen molar-refractivity contribution in [3.05, 3.63) is 30.1 Å². The van der Waals surface area contributed by atoms with Crippen molar-refractivity contribution in [3.63, 3.8) is 0 Å². The topological polar surface area (TPSA) is 57.3 Å². The number of likely N-dealkylation sites (tertiary alicyclic amines) is 1. The number of carbonyl (C=O) groups excluding carboxylic acids is 1. The quantitative estimate of drug-likeness (QED) is 0.761. The summed E-state index contributed by atoms with van der Waals surface area (Å²) in [4.78, 5) is 17.8. The molecule has 26 heavy (non-hydrogen) atoms. The Hall–Kier alpha value is -1.38. The van der Waals surface area contributed by atoms with E-state index in [0.29, 0.717) is 19.4 Å². The minimum Gasteiger partial charge on any atom is -0.330 e. The number of rotatable bonds is 2. The molecule has 0 aromatic carbocycles. The lowest BCUT2D eigenvalue weighted by Crippen LogP contribution is -2.64. The summed E-state index contributed by atoms with van der Waals surface area (Å²) in [7, 11) is 0. The number of piperidine rings is 1. The molecule has 1 amide bonds. The second kappa shape index (κ2) is 6.65. The lowest BCUT2D eigenvalue weighted by molar-refractivity contribution is -0.178. The average Bonchev–Trinajstić information content (AvgIpc) is 3.08. The molecule has 5 nitrogen and oxygen atoms in total. The summed E-state index contributed by atoms with van der Waals surface area (Å²) >= 11 is 6.65. The molecule has 4 rings (SSSR count). The van der Waals surface area contributed by atoms with Gasteiger partial charge in [0.2, 0.25) is 5.91 Å². The van der Waals surface area contributed by atoms with Gasteiger partial charge in [-0.25, -0.2) is 0 Å². The van der Waals surface area contributed by atoms with Gasteiger partial charge in [0.05, 0.1) is 5.92 Å². The number of alkyl halides is 4. The van der Waals surface area contributed by atoms with Gasteiger partial charge in [-0.05, 0) is 36.5 Å². The van der Waals surface area contributed by atoms with Gasteiger partial charge in [0.1, 0.15) is 6.54 Å². The second-order valence-electron chi connectivity index (χ2n) is 7.34. The van der Waals surface area contributed by atoms with Crippen LogP contribution < -0.4 is 10.9 Å². The van der Waals surface area contributed by atoms with Crippen LogP contribution in [0, 0.1) is 11.8 Å². The van der Waals surface area contributed by atoms with E-state index in [-0.39, 0.29) is 23.3 Å². The molecular weight excluding hydrogens is 369 g/mol. The maximum atomic E-state index is 13.2. The molecule has 6 unspecified atom stereocenters. The van der Waals surface area contributed by atoms with Crippen molar-refractivity contribution in [2.45, 2.75) is 42.4 Å². The van der Waals surface area contributed by atoms with Crippen LogP contribution in [-0.4, -0.2) is 52.5 Å². The summed E-state index contributed by atoms with van der Waals surface area (Å²) in [5.74, 6) is -1.10. The molecule has 142 valence electrons. The number of nitrogens with one attached hydrogen (secondary N) is 2. The van der Waals surface area contributed by atoms with E-state index in [9.17, 15) is 18.0 Å². The number of halogens is 4. The Morgan fingerprint density at radius 1 is 1.23 bits per heavy atom. The van der Waals surface area contributed by atoms with Gasteiger partial charge < -0.3 is 4.90 Å². The molecule has 0 spiro atoms. The predicted octanol–water partition coefficient (Wildman–Crippen LogP) is 2.05. The fraction of sp³-hybridized carbons (Fsp3) is 0.647. The van der Waals surface area contributed by atoms with E-state index in [1.54, 1.807) is 12.4 Å². The van der Waals surface area contributed by atoms with Crippen LogP contribution in [-0.2, 0) is 4.79 Å². The monoisotopic (exact) mass is 388 g/mol. The van der Waals surface area contributed by atoms with Gasteiger partial charge in [-0.1, -0.05) is 0 Å². The first-order valence-corrected chi connectivity index (χ1v) is 9.18. The molecule has 1 aromatic heterocycles. The van der Waals surface area contributed by atoms with Gasteiger partial charge >= 0.3 is 6.18 Å². The normalized spacial score (nSPS) is 37.4. The number of hydrogen-bond acceptors (Lipinski definition) is 4. The molecule has 3 aliphatic rings. The standard InChI is InChI=1S/C17H20ClF3N4O/c18-13-5-11-14(6-10(13)9-1-3-22-4-2-9)25(8-17(19,20)21)16(26)12-7-23-24-15(11)12/h1-4,10-15,23-24H,5-8H2. The zero-order valence-corrected chi connectivity index (χ0v) is 14.7. The first-order chi connectivity index (χ1) is 12.3. The molecule has 2 N–H and O–H groups in total. The Balaban J connectivity index is 1.66. The van der Waals surface area contributed by atoms with Gasteiger partial charge in [-0.15, -0.1) is 11.6 Å². The lowest BCUT2D eigenvalue weighted by Gasteiger charge is -2.51. The van der Waals surface area contributed by atoms with Crippen LogP contribution in [0.3, 0.4) is 0 Å². The number of aromatic nitrogens is 1. The van der Waals surface area contributed by atoms with Crippen molar-refractivity contribution < 1.29 is 18.0 Å². The molecule has 0 bridgehead atoms. The molecule has 9 heteroatoms. The summed E-state index contributed by atoms with van der Waals surface area (Å²) in [5.41, 5.74) is 6.99. The van der Waals surface area contributed by atoms with Crippen molar-refractivity contribution in [3.8, 4) is 0 Å². The van der Waals surface area contributed by atoms with Gasteiger partial charge in [-0.3, -0.25) is 20.6 Å². The number of hydrogen-bond donors (Lipinski definition) is 2. The number of carbonyl (C=O) groups is 1. The largest absolute Gasteiger partial charge is 0.406 e. The van der Waals surface area contributed by atoms with Gasteiger partial charge in [0.15, 0.2) is 0 Å². The van der Waals surface area contributed by atoms with Gasteiger partial charge in [0, 0.05) is 42.3 Å². The third kappa shape index (κ3) is 3.18. The van der Waals surface area contributed by atoms with E-state index in [0.717, 1.165) is 10.5 Å². The number of hydrazine groups is 1. The molecule has 1 saturated carbocycles. The highest BCUT2D eigenvalue weighted by Crippen LogP contribution is 2.47. The summed E-state index contributed by atoms with van der Waals surface area (Å²) in [5, 5.41) is -0.192. The van der Waals surface area contributed by atoms with Crippen molar-refractivity contribution in [1.29, 1.82) is 0 Å². The molecule has 2 saturated heterocycles. The highest BCUT2D eigenvalue weighted by Gasteiger charge is 2.55. The van der Waals surface area contributed by atoms with E-state index in [4.69, 9.17) is 11.6 Å². The summed E-state index contributed by atoms with van der Waals surface area (Å²) in [6.45, 7) is -0.853. The lowest BCUT2D eigenvalue weighted by atomic mass is 9.67. The first kappa shape index (κ1) is 18.0. The minimum absolute atomic E-state index is 0.101. The maximum absolute atomic E-state index is 13.2. The molecule has 2 aliphatic heterocycles. The number of nitrogens with zero attached hydrogens (tertiary/aromatic N) is 2. The molecule has 6 atom stereocenters. The number of amides is 1. The van der Waals surface area contributed by atoms with Crippen molar-refractivity contribution >= 4 is 17.5 Å². The van der Waals surface area contributed by atoms with E-state index >= 15 is 0 Å². The smallest absolute Gasteiger partial charge is 0.330 e. The third-order valence-electron chi connectivity index (χ3n) is 5.89. The van der Waals surface area contributed by atoms with E-state index in [2.05, 4.69) is 15.8 Å². The molecule has 3 heterocycles. The highest BCUT2D eigenvalue weighted by atomic mass is 35.5. The van der Waals surface area contributed by atoms with Crippen molar-refractivity contribution in [2.75, 3.05) is 13.1 Å². The molecule has 0 radical (unpaired) electrons. The van der Waals surface area contributed by atoms with Crippen molar-refractivity contribution in [1.82, 2.24) is 20.7 Å². The van der Waals surface area contributed by atoms with Crippen LogP contribution in [0.1, 0.15) is 24.3 Å². The molecular formula is C17H20ClF3N4O. The van der Waals surface area contributed by atoms with E-state index < -0.39 is 30.6 Å². The molecule has 1 aliphatic carbocycles. The van der Waals surface area contributed by atoms with E-state index in [1.165, 1.54) is 0 Å². The fourth-order valence-electron chi connectivity index (χ4n) is 4.79. The maximum Gasteiger partial charge on any atom is 0.406 e.